The molecule has 33 heavy (non-hydrogen) atoms. The van der Waals surface area contributed by atoms with E-state index in [0.717, 1.165) is 67.6 Å². The van der Waals surface area contributed by atoms with E-state index < -0.39 is 0 Å². The summed E-state index contributed by atoms with van der Waals surface area (Å²) in [4.78, 5) is 38.7. The van der Waals surface area contributed by atoms with Crippen molar-refractivity contribution in [2.75, 3.05) is 29.9 Å². The third kappa shape index (κ3) is 3.61. The maximum atomic E-state index is 13.3. The van der Waals surface area contributed by atoms with Crippen molar-refractivity contribution in [3.8, 4) is 0 Å². The molecule has 1 aliphatic carbocycles. The number of nitrogens with one attached hydrogen (secondary N) is 1. The van der Waals surface area contributed by atoms with Crippen molar-refractivity contribution in [3.05, 3.63) is 60.4 Å². The topological polar surface area (TPSA) is 78.4 Å². The number of fused-ring (bicyclic) bond motifs is 1. The monoisotopic (exact) mass is 441 g/mol. The fraction of sp³-hybridized carbons (Fsp3) is 0.385. The number of nitrogens with zero attached hydrogens (tertiary/aromatic N) is 4. The van der Waals surface area contributed by atoms with E-state index in [9.17, 15) is 9.59 Å². The first-order valence-corrected chi connectivity index (χ1v) is 11.8. The van der Waals surface area contributed by atoms with Crippen LogP contribution in [0.2, 0.25) is 0 Å². The molecule has 6 rings (SSSR count). The van der Waals surface area contributed by atoms with Gasteiger partial charge in [0.25, 0.3) is 5.91 Å². The summed E-state index contributed by atoms with van der Waals surface area (Å²) in [5.41, 5.74) is 2.29. The number of amides is 2. The number of anilines is 2. The van der Waals surface area contributed by atoms with E-state index in [1.807, 2.05) is 47.4 Å². The first kappa shape index (κ1) is 20.1. The number of aromatic nitrogens is 2. The molecule has 1 N–H and O–H groups in total. The van der Waals surface area contributed by atoms with Crippen molar-refractivity contribution in [2.24, 2.45) is 5.92 Å². The Labute approximate surface area is 192 Å². The Morgan fingerprint density at radius 3 is 2.55 bits per heavy atom. The molecule has 0 radical (unpaired) electrons. The summed E-state index contributed by atoms with van der Waals surface area (Å²) in [6.07, 6.45) is 6.67. The third-order valence-electron chi connectivity index (χ3n) is 7.34. The third-order valence-corrected chi connectivity index (χ3v) is 7.34. The summed E-state index contributed by atoms with van der Waals surface area (Å²) < 4.78 is 0. The molecule has 2 aliphatic heterocycles. The summed E-state index contributed by atoms with van der Waals surface area (Å²) in [5.74, 6) is 1.26. The van der Waals surface area contributed by atoms with Gasteiger partial charge in [0.05, 0.1) is 11.1 Å². The Kier molecular flexibility index (Phi) is 4.78. The van der Waals surface area contributed by atoms with Gasteiger partial charge in [-0.15, -0.1) is 0 Å². The second-order valence-corrected chi connectivity index (χ2v) is 9.51. The number of likely N-dealkylation sites (tertiary alicyclic amines) is 1. The molecule has 1 saturated carbocycles. The van der Waals surface area contributed by atoms with Gasteiger partial charge in [0.2, 0.25) is 5.91 Å². The zero-order valence-corrected chi connectivity index (χ0v) is 18.5. The van der Waals surface area contributed by atoms with Gasteiger partial charge in [-0.3, -0.25) is 9.59 Å². The van der Waals surface area contributed by atoms with Crippen LogP contribution >= 0.6 is 0 Å². The van der Waals surface area contributed by atoms with Gasteiger partial charge in [0, 0.05) is 42.2 Å². The molecular formula is C26H27N5O2. The van der Waals surface area contributed by atoms with Crippen LogP contribution in [0.25, 0.3) is 10.9 Å². The molecule has 7 nitrogen and oxygen atoms in total. The Bertz CT molecular complexity index is 1220. The van der Waals surface area contributed by atoms with Crippen molar-refractivity contribution in [3.63, 3.8) is 0 Å². The smallest absolute Gasteiger partial charge is 0.253 e. The lowest BCUT2D eigenvalue weighted by Gasteiger charge is -2.57. The molecule has 2 amide bonds. The Hall–Kier alpha value is -3.48. The van der Waals surface area contributed by atoms with Crippen molar-refractivity contribution in [2.45, 2.75) is 37.6 Å². The average Bonchev–Trinajstić information content (AvgIpc) is 3.70. The number of benzene rings is 2. The first-order chi connectivity index (χ1) is 16.1. The minimum Gasteiger partial charge on any atom is -0.348 e. The van der Waals surface area contributed by atoms with Crippen LogP contribution in [0.1, 0.15) is 42.5 Å². The van der Waals surface area contributed by atoms with Gasteiger partial charge in [-0.25, -0.2) is 9.97 Å². The van der Waals surface area contributed by atoms with Crippen molar-refractivity contribution in [1.29, 1.82) is 0 Å². The van der Waals surface area contributed by atoms with Crippen LogP contribution in [-0.4, -0.2) is 51.9 Å². The molecule has 2 saturated heterocycles. The molecule has 0 bridgehead atoms. The van der Waals surface area contributed by atoms with Gasteiger partial charge >= 0.3 is 0 Å². The number of hydrogen-bond donors (Lipinski definition) is 1. The Balaban J connectivity index is 1.19. The van der Waals surface area contributed by atoms with Gasteiger partial charge < -0.3 is 15.1 Å². The summed E-state index contributed by atoms with van der Waals surface area (Å²) in [5, 5.41) is 4.00. The maximum Gasteiger partial charge on any atom is 0.253 e. The summed E-state index contributed by atoms with van der Waals surface area (Å²) in [6, 6.07) is 15.4. The second kappa shape index (κ2) is 7.83. The van der Waals surface area contributed by atoms with Crippen LogP contribution in [0.4, 0.5) is 11.5 Å². The van der Waals surface area contributed by atoms with E-state index in [0.29, 0.717) is 12.1 Å². The van der Waals surface area contributed by atoms with Gasteiger partial charge in [-0.05, 0) is 68.5 Å². The molecule has 3 aliphatic rings. The summed E-state index contributed by atoms with van der Waals surface area (Å²) in [7, 11) is 0. The predicted octanol–water partition coefficient (Wildman–Crippen LogP) is 3.86. The SMILES string of the molecule is O=C(Nc1ccc(C(=O)N2CCCC3(CCN3c3ncnc4ccccc34)C2)cc1)C1CC1. The van der Waals surface area contributed by atoms with Crippen LogP contribution < -0.4 is 10.2 Å². The molecule has 1 aromatic heterocycles. The molecule has 1 unspecified atom stereocenters. The van der Waals surface area contributed by atoms with Crippen LogP contribution in [-0.2, 0) is 4.79 Å². The lowest BCUT2D eigenvalue weighted by atomic mass is 9.77. The van der Waals surface area contributed by atoms with Crippen molar-refractivity contribution >= 4 is 34.2 Å². The number of piperidine rings is 1. The lowest BCUT2D eigenvalue weighted by molar-refractivity contribution is -0.117. The Morgan fingerprint density at radius 1 is 0.970 bits per heavy atom. The average molecular weight is 442 g/mol. The van der Waals surface area contributed by atoms with E-state index in [1.54, 1.807) is 6.33 Å². The maximum absolute atomic E-state index is 13.3. The number of para-hydroxylation sites is 1. The van der Waals surface area contributed by atoms with Crippen LogP contribution in [0.5, 0.6) is 0 Å². The fourth-order valence-electron chi connectivity index (χ4n) is 5.25. The summed E-state index contributed by atoms with van der Waals surface area (Å²) >= 11 is 0. The summed E-state index contributed by atoms with van der Waals surface area (Å²) in [6.45, 7) is 2.40. The molecular weight excluding hydrogens is 414 g/mol. The minimum atomic E-state index is -0.0663. The number of rotatable bonds is 4. The molecule has 7 heteroatoms. The van der Waals surface area contributed by atoms with Gasteiger partial charge in [0.15, 0.2) is 0 Å². The largest absolute Gasteiger partial charge is 0.348 e. The van der Waals surface area contributed by atoms with E-state index in [1.165, 1.54) is 0 Å². The number of hydrogen-bond acceptors (Lipinski definition) is 5. The van der Waals surface area contributed by atoms with Gasteiger partial charge in [-0.2, -0.15) is 0 Å². The van der Waals surface area contributed by atoms with E-state index in [2.05, 4.69) is 26.3 Å². The van der Waals surface area contributed by atoms with Crippen LogP contribution in [0, 0.1) is 5.92 Å². The normalized spacial score (nSPS) is 22.3. The molecule has 3 heterocycles. The van der Waals surface area contributed by atoms with Crippen molar-refractivity contribution < 1.29 is 9.59 Å². The highest BCUT2D eigenvalue weighted by Gasteiger charge is 2.49. The van der Waals surface area contributed by atoms with E-state index in [4.69, 9.17) is 0 Å². The zero-order chi connectivity index (χ0) is 22.4. The van der Waals surface area contributed by atoms with Crippen LogP contribution in [0.15, 0.2) is 54.9 Å². The van der Waals surface area contributed by atoms with Gasteiger partial charge in [0.1, 0.15) is 12.1 Å². The molecule has 1 spiro atoms. The lowest BCUT2D eigenvalue weighted by Crippen LogP contribution is -2.68. The molecule has 168 valence electrons. The highest BCUT2D eigenvalue weighted by molar-refractivity contribution is 5.97. The quantitative estimate of drug-likeness (QED) is 0.665. The molecule has 3 aromatic rings. The van der Waals surface area contributed by atoms with Crippen molar-refractivity contribution in [1.82, 2.24) is 14.9 Å². The number of carbonyl (C=O) groups excluding carboxylic acids is 2. The molecule has 2 aromatic carbocycles. The van der Waals surface area contributed by atoms with Crippen LogP contribution in [0.3, 0.4) is 0 Å². The minimum absolute atomic E-state index is 0.0496. The molecule has 1 atom stereocenters. The highest BCUT2D eigenvalue weighted by Crippen LogP contribution is 2.43. The second-order valence-electron chi connectivity index (χ2n) is 9.51. The van der Waals surface area contributed by atoms with E-state index >= 15 is 0 Å². The fourth-order valence-corrected chi connectivity index (χ4v) is 5.25. The Morgan fingerprint density at radius 2 is 1.79 bits per heavy atom. The molecule has 3 fully saturated rings. The first-order valence-electron chi connectivity index (χ1n) is 11.8. The van der Waals surface area contributed by atoms with Gasteiger partial charge in [-0.1, -0.05) is 12.1 Å². The highest BCUT2D eigenvalue weighted by atomic mass is 16.2. The predicted molar refractivity (Wildman–Crippen MR) is 127 cm³/mol. The standard InChI is InChI=1S/C26H27N5O2/c32-24(18-6-7-18)29-20-10-8-19(9-11-20)25(33)30-14-3-12-26(16-30)13-15-31(26)23-21-4-1-2-5-22(21)27-17-28-23/h1-2,4-5,8-11,17-18H,3,6-7,12-16H2,(H,29,32). The zero-order valence-electron chi connectivity index (χ0n) is 18.5. The van der Waals surface area contributed by atoms with E-state index in [-0.39, 0.29) is 23.3 Å². The number of carbonyl (C=O) groups is 2.